The fourth-order valence-corrected chi connectivity index (χ4v) is 5.66. The van der Waals surface area contributed by atoms with Crippen molar-refractivity contribution in [3.63, 3.8) is 0 Å². The maximum absolute atomic E-state index is 6.02. The van der Waals surface area contributed by atoms with Crippen LogP contribution in [0.5, 0.6) is 0 Å². The Balaban J connectivity index is 1.69. The van der Waals surface area contributed by atoms with Crippen molar-refractivity contribution in [2.45, 2.75) is 64.5 Å². The molecule has 4 fully saturated rings. The van der Waals surface area contributed by atoms with Crippen LogP contribution >= 0.6 is 0 Å². The average molecular weight is 273 g/mol. The van der Waals surface area contributed by atoms with Gasteiger partial charge in [0.15, 0.2) is 0 Å². The van der Waals surface area contributed by atoms with Crippen molar-refractivity contribution in [2.24, 2.45) is 29.4 Å². The van der Waals surface area contributed by atoms with E-state index in [4.69, 9.17) is 5.73 Å². The lowest BCUT2D eigenvalue weighted by molar-refractivity contribution is -0.0308. The van der Waals surface area contributed by atoms with Gasteiger partial charge < -0.3 is 10.3 Å². The van der Waals surface area contributed by atoms with E-state index in [0.29, 0.717) is 0 Å². The highest BCUT2D eigenvalue weighted by Gasteiger charge is 2.49. The third-order valence-electron chi connectivity index (χ3n) is 6.04. The molecular weight excluding hydrogens is 246 g/mol. The molecule has 0 radical (unpaired) electrons. The van der Waals surface area contributed by atoms with E-state index in [1.807, 2.05) is 0 Å². The molecule has 4 bridgehead atoms. The van der Waals surface area contributed by atoms with Gasteiger partial charge in [-0.15, -0.1) is 0 Å². The summed E-state index contributed by atoms with van der Waals surface area (Å²) in [6.07, 6.45) is 10.4. The van der Waals surface area contributed by atoms with Crippen molar-refractivity contribution in [3.05, 3.63) is 17.7 Å². The molecule has 1 atom stereocenters. The minimum Gasteiger partial charge on any atom is -0.329 e. The highest BCUT2D eigenvalue weighted by molar-refractivity contribution is 5.12. The summed E-state index contributed by atoms with van der Waals surface area (Å²) in [6.45, 7) is 4.31. The SMILES string of the molecule is Cc1cnc(CC(C)N)n1C1C2CC3CC(C2)CC1C3. The highest BCUT2D eigenvalue weighted by atomic mass is 15.1. The molecule has 1 heterocycles. The number of aromatic nitrogens is 2. The number of imidazole rings is 1. The van der Waals surface area contributed by atoms with Gasteiger partial charge in [0.25, 0.3) is 0 Å². The molecule has 4 aliphatic rings. The summed E-state index contributed by atoms with van der Waals surface area (Å²) in [5.41, 5.74) is 7.37. The van der Waals surface area contributed by atoms with E-state index in [0.717, 1.165) is 36.1 Å². The maximum atomic E-state index is 6.02. The standard InChI is InChI=1S/C17H27N3/c1-10(18)3-16-19-9-11(2)20(16)17-14-5-12-4-13(7-14)8-15(17)6-12/h9-10,12-15,17H,3-8,18H2,1-2H3. The third kappa shape index (κ3) is 1.93. The number of aryl methyl sites for hydroxylation is 1. The lowest BCUT2D eigenvalue weighted by Crippen LogP contribution is -2.46. The van der Waals surface area contributed by atoms with Crippen LogP contribution in [0.25, 0.3) is 0 Å². The van der Waals surface area contributed by atoms with Gasteiger partial charge in [0.1, 0.15) is 5.82 Å². The van der Waals surface area contributed by atoms with E-state index < -0.39 is 0 Å². The van der Waals surface area contributed by atoms with Crippen LogP contribution in [-0.4, -0.2) is 15.6 Å². The van der Waals surface area contributed by atoms with Crippen molar-refractivity contribution < 1.29 is 0 Å². The Labute approximate surface area is 122 Å². The van der Waals surface area contributed by atoms with E-state index >= 15 is 0 Å². The molecule has 0 saturated heterocycles. The zero-order chi connectivity index (χ0) is 13.9. The predicted octanol–water partition coefficient (Wildman–Crippen LogP) is 3.08. The van der Waals surface area contributed by atoms with Crippen molar-refractivity contribution in [2.75, 3.05) is 0 Å². The molecule has 0 spiro atoms. The summed E-state index contributed by atoms with van der Waals surface area (Å²) in [6, 6.07) is 0.923. The fraction of sp³-hybridized carbons (Fsp3) is 0.824. The van der Waals surface area contributed by atoms with Gasteiger partial charge in [-0.3, -0.25) is 0 Å². The third-order valence-corrected chi connectivity index (χ3v) is 6.04. The molecule has 0 aromatic carbocycles. The quantitative estimate of drug-likeness (QED) is 0.919. The van der Waals surface area contributed by atoms with Crippen LogP contribution in [0.15, 0.2) is 6.20 Å². The molecule has 20 heavy (non-hydrogen) atoms. The number of nitrogens with zero attached hydrogens (tertiary/aromatic N) is 2. The molecule has 110 valence electrons. The van der Waals surface area contributed by atoms with Crippen molar-refractivity contribution in [1.29, 1.82) is 0 Å². The lowest BCUT2D eigenvalue weighted by atomic mass is 9.54. The highest BCUT2D eigenvalue weighted by Crippen LogP contribution is 2.58. The minimum absolute atomic E-state index is 0.201. The molecule has 1 aromatic rings. The molecule has 3 heteroatoms. The van der Waals surface area contributed by atoms with Gasteiger partial charge in [-0.05, 0) is 69.6 Å². The fourth-order valence-electron chi connectivity index (χ4n) is 5.66. The van der Waals surface area contributed by atoms with E-state index in [1.165, 1.54) is 43.6 Å². The Morgan fingerprint density at radius 3 is 2.35 bits per heavy atom. The molecular formula is C17H27N3. The van der Waals surface area contributed by atoms with E-state index in [1.54, 1.807) is 0 Å². The first kappa shape index (κ1) is 12.9. The Morgan fingerprint density at radius 1 is 1.20 bits per heavy atom. The second kappa shape index (κ2) is 4.59. The molecule has 0 amide bonds. The van der Waals surface area contributed by atoms with Gasteiger partial charge >= 0.3 is 0 Å². The zero-order valence-electron chi connectivity index (χ0n) is 12.8. The smallest absolute Gasteiger partial charge is 0.110 e. The summed E-state index contributed by atoms with van der Waals surface area (Å²) in [5.74, 6) is 5.12. The lowest BCUT2D eigenvalue weighted by Gasteiger charge is -2.55. The van der Waals surface area contributed by atoms with E-state index in [-0.39, 0.29) is 6.04 Å². The molecule has 5 rings (SSSR count). The summed E-state index contributed by atoms with van der Waals surface area (Å²) in [5, 5.41) is 0. The second-order valence-electron chi connectivity index (χ2n) is 7.79. The number of rotatable bonds is 3. The molecule has 4 aliphatic carbocycles. The van der Waals surface area contributed by atoms with Crippen LogP contribution in [0, 0.1) is 30.6 Å². The topological polar surface area (TPSA) is 43.8 Å². The Bertz CT molecular complexity index is 474. The molecule has 0 aliphatic heterocycles. The monoisotopic (exact) mass is 273 g/mol. The zero-order valence-corrected chi connectivity index (χ0v) is 12.8. The summed E-state index contributed by atoms with van der Waals surface area (Å²) < 4.78 is 2.58. The van der Waals surface area contributed by atoms with Crippen molar-refractivity contribution in [1.82, 2.24) is 9.55 Å². The first-order valence-corrected chi connectivity index (χ1v) is 8.40. The Hall–Kier alpha value is -0.830. The van der Waals surface area contributed by atoms with Crippen LogP contribution in [0.2, 0.25) is 0 Å². The van der Waals surface area contributed by atoms with Gasteiger partial charge in [-0.1, -0.05) is 0 Å². The average Bonchev–Trinajstić information content (AvgIpc) is 2.69. The van der Waals surface area contributed by atoms with Gasteiger partial charge in [0, 0.05) is 30.4 Å². The van der Waals surface area contributed by atoms with Gasteiger partial charge in [-0.25, -0.2) is 4.98 Å². The number of hydrogen-bond donors (Lipinski definition) is 1. The number of hydrogen-bond acceptors (Lipinski definition) is 2. The molecule has 1 aromatic heterocycles. The molecule has 3 nitrogen and oxygen atoms in total. The van der Waals surface area contributed by atoms with Gasteiger partial charge in [-0.2, -0.15) is 0 Å². The molecule has 1 unspecified atom stereocenters. The summed E-state index contributed by atoms with van der Waals surface area (Å²) >= 11 is 0. The van der Waals surface area contributed by atoms with Crippen LogP contribution in [-0.2, 0) is 6.42 Å². The molecule has 2 N–H and O–H groups in total. The van der Waals surface area contributed by atoms with Crippen LogP contribution in [0.3, 0.4) is 0 Å². The Kier molecular flexibility index (Phi) is 2.95. The first-order valence-electron chi connectivity index (χ1n) is 8.40. The molecule has 4 saturated carbocycles. The van der Waals surface area contributed by atoms with Crippen LogP contribution < -0.4 is 5.73 Å². The largest absolute Gasteiger partial charge is 0.329 e. The van der Waals surface area contributed by atoms with E-state index in [2.05, 4.69) is 29.6 Å². The van der Waals surface area contributed by atoms with Gasteiger partial charge in [0.05, 0.1) is 0 Å². The summed E-state index contributed by atoms with van der Waals surface area (Å²) in [4.78, 5) is 4.67. The summed E-state index contributed by atoms with van der Waals surface area (Å²) in [7, 11) is 0. The van der Waals surface area contributed by atoms with Crippen molar-refractivity contribution >= 4 is 0 Å². The van der Waals surface area contributed by atoms with E-state index in [9.17, 15) is 0 Å². The normalized spacial score (nSPS) is 40.2. The predicted molar refractivity (Wildman–Crippen MR) is 80.4 cm³/mol. The van der Waals surface area contributed by atoms with Crippen LogP contribution in [0.4, 0.5) is 0 Å². The van der Waals surface area contributed by atoms with Gasteiger partial charge in [0.2, 0.25) is 0 Å². The minimum atomic E-state index is 0.201. The van der Waals surface area contributed by atoms with Crippen molar-refractivity contribution in [3.8, 4) is 0 Å². The second-order valence-corrected chi connectivity index (χ2v) is 7.79. The first-order chi connectivity index (χ1) is 9.61. The Morgan fingerprint density at radius 2 is 1.80 bits per heavy atom. The maximum Gasteiger partial charge on any atom is 0.110 e. The van der Waals surface area contributed by atoms with Crippen LogP contribution in [0.1, 0.15) is 56.6 Å². The number of nitrogens with two attached hydrogens (primary N) is 1.